The van der Waals surface area contributed by atoms with E-state index in [0.717, 1.165) is 44.8 Å². The van der Waals surface area contributed by atoms with Crippen LogP contribution in [-0.4, -0.2) is 99.3 Å². The number of hydrogen-bond acceptors (Lipinski definition) is 6. The highest BCUT2D eigenvalue weighted by Gasteiger charge is 2.50. The van der Waals surface area contributed by atoms with E-state index in [-0.39, 0.29) is 11.8 Å². The van der Waals surface area contributed by atoms with Crippen molar-refractivity contribution in [2.75, 3.05) is 53.5 Å². The highest BCUT2D eigenvalue weighted by Crippen LogP contribution is 2.22. The number of nitrogens with zero attached hydrogens (tertiary/aromatic N) is 2. The summed E-state index contributed by atoms with van der Waals surface area (Å²) in [4.78, 5) is 41.1. The minimum Gasteiger partial charge on any atom is -0.379 e. The molecular weight excluding hydrogens is 400 g/mol. The third kappa shape index (κ3) is 7.02. The molecule has 3 atom stereocenters. The van der Waals surface area contributed by atoms with Crippen molar-refractivity contribution in [1.82, 2.24) is 20.4 Å². The van der Waals surface area contributed by atoms with Crippen LogP contribution in [0.2, 0.25) is 0 Å². The second-order valence-corrected chi connectivity index (χ2v) is 8.06. The van der Waals surface area contributed by atoms with Gasteiger partial charge >= 0.3 is 0 Å². The van der Waals surface area contributed by atoms with E-state index >= 15 is 0 Å². The average Bonchev–Trinajstić information content (AvgIpc) is 3.58. The van der Waals surface area contributed by atoms with Crippen molar-refractivity contribution in [2.45, 2.75) is 31.1 Å². The molecule has 170 valence electrons. The van der Waals surface area contributed by atoms with E-state index in [2.05, 4.69) is 15.5 Å². The lowest BCUT2D eigenvalue weighted by Gasteiger charge is -2.26. The number of likely N-dealkylation sites (N-methyl/N-ethyl adjacent to an activating group) is 1. The van der Waals surface area contributed by atoms with E-state index < -0.39 is 24.2 Å². The third-order valence-electron chi connectivity index (χ3n) is 5.40. The summed E-state index contributed by atoms with van der Waals surface area (Å²) in [7, 11) is 3.29. The standard InChI is InChI=1S/C22H32N4O5/c1-25(2)22(29)17(15-16-7-4-3-5-8-16)24-21(28)19-18(31-19)20(27)23-9-6-10-26-11-13-30-14-12-26/h3-5,7-8,17-19H,6,9-15H2,1-2H3,(H,23,27)(H,24,28)/t17-,18?,19?/m0/s1. The minimum absolute atomic E-state index is 0.207. The van der Waals surface area contributed by atoms with E-state index in [9.17, 15) is 14.4 Å². The zero-order valence-electron chi connectivity index (χ0n) is 18.2. The first-order valence-corrected chi connectivity index (χ1v) is 10.7. The lowest BCUT2D eigenvalue weighted by molar-refractivity contribution is -0.134. The Morgan fingerprint density at radius 2 is 1.77 bits per heavy atom. The molecule has 2 saturated heterocycles. The van der Waals surface area contributed by atoms with Gasteiger partial charge in [-0.1, -0.05) is 30.3 Å². The summed E-state index contributed by atoms with van der Waals surface area (Å²) in [5.74, 6) is -0.938. The fourth-order valence-electron chi connectivity index (χ4n) is 3.57. The van der Waals surface area contributed by atoms with Crippen molar-refractivity contribution in [2.24, 2.45) is 0 Å². The molecule has 9 nitrogen and oxygen atoms in total. The Bertz CT molecular complexity index is 752. The molecule has 3 rings (SSSR count). The molecule has 2 aliphatic rings. The topological polar surface area (TPSA) is 104 Å². The number of nitrogens with one attached hydrogen (secondary N) is 2. The van der Waals surface area contributed by atoms with Crippen LogP contribution in [0.1, 0.15) is 12.0 Å². The summed E-state index contributed by atoms with van der Waals surface area (Å²) in [6.45, 7) is 4.75. The molecule has 2 unspecified atom stereocenters. The third-order valence-corrected chi connectivity index (χ3v) is 5.40. The van der Waals surface area contributed by atoms with Crippen molar-refractivity contribution < 1.29 is 23.9 Å². The molecule has 1 aromatic rings. The normalized spacial score (nSPS) is 21.7. The molecule has 1 aromatic carbocycles. The molecule has 2 aliphatic heterocycles. The number of epoxide rings is 1. The first-order valence-electron chi connectivity index (χ1n) is 10.7. The molecule has 9 heteroatoms. The number of hydrogen-bond donors (Lipinski definition) is 2. The van der Waals surface area contributed by atoms with E-state index in [4.69, 9.17) is 9.47 Å². The number of carbonyl (C=O) groups excluding carboxylic acids is 3. The highest BCUT2D eigenvalue weighted by atomic mass is 16.6. The van der Waals surface area contributed by atoms with E-state index in [1.807, 2.05) is 30.3 Å². The van der Waals surface area contributed by atoms with Gasteiger partial charge in [-0.15, -0.1) is 0 Å². The number of morpholine rings is 1. The molecule has 0 aliphatic carbocycles. The monoisotopic (exact) mass is 432 g/mol. The fraction of sp³-hybridized carbons (Fsp3) is 0.591. The average molecular weight is 433 g/mol. The SMILES string of the molecule is CN(C)C(=O)[C@H](Cc1ccccc1)NC(=O)C1OC1C(=O)NCCCN1CCOCC1. The van der Waals surface area contributed by atoms with Gasteiger partial charge in [-0.05, 0) is 18.5 Å². The van der Waals surface area contributed by atoms with Crippen LogP contribution in [-0.2, 0) is 30.3 Å². The summed E-state index contributed by atoms with van der Waals surface area (Å²) in [5.41, 5.74) is 0.939. The highest BCUT2D eigenvalue weighted by molar-refractivity contribution is 5.97. The van der Waals surface area contributed by atoms with Gasteiger partial charge in [0.2, 0.25) is 5.91 Å². The molecule has 2 fully saturated rings. The van der Waals surface area contributed by atoms with Crippen molar-refractivity contribution >= 4 is 17.7 Å². The van der Waals surface area contributed by atoms with Gasteiger partial charge in [-0.3, -0.25) is 19.3 Å². The summed E-state index contributed by atoms with van der Waals surface area (Å²) < 4.78 is 10.6. The van der Waals surface area contributed by atoms with Crippen molar-refractivity contribution in [1.29, 1.82) is 0 Å². The number of carbonyl (C=O) groups is 3. The Morgan fingerprint density at radius 1 is 1.10 bits per heavy atom. The molecule has 2 heterocycles. The zero-order chi connectivity index (χ0) is 22.2. The molecule has 0 spiro atoms. The molecule has 0 radical (unpaired) electrons. The summed E-state index contributed by atoms with van der Waals surface area (Å²) in [6, 6.07) is 8.76. The van der Waals surface area contributed by atoms with Gasteiger partial charge in [0.05, 0.1) is 13.2 Å². The van der Waals surface area contributed by atoms with Crippen LogP contribution in [0, 0.1) is 0 Å². The molecule has 0 bridgehead atoms. The molecule has 2 N–H and O–H groups in total. The largest absolute Gasteiger partial charge is 0.379 e. The molecule has 0 saturated carbocycles. The van der Waals surface area contributed by atoms with Crippen LogP contribution in [0.15, 0.2) is 30.3 Å². The lowest BCUT2D eigenvalue weighted by Crippen LogP contribution is -2.49. The van der Waals surface area contributed by atoms with Crippen LogP contribution in [0.4, 0.5) is 0 Å². The first-order chi connectivity index (χ1) is 15.0. The first kappa shape index (κ1) is 23.2. The predicted molar refractivity (Wildman–Crippen MR) is 114 cm³/mol. The van der Waals surface area contributed by atoms with Crippen molar-refractivity contribution in [3.8, 4) is 0 Å². The lowest BCUT2D eigenvalue weighted by atomic mass is 10.0. The zero-order valence-corrected chi connectivity index (χ0v) is 18.2. The maximum absolute atomic E-state index is 12.6. The van der Waals surface area contributed by atoms with Crippen molar-refractivity contribution in [3.63, 3.8) is 0 Å². The number of ether oxygens (including phenoxy) is 2. The Morgan fingerprint density at radius 3 is 2.45 bits per heavy atom. The molecule has 31 heavy (non-hydrogen) atoms. The number of benzene rings is 1. The minimum atomic E-state index is -0.854. The van der Waals surface area contributed by atoms with E-state index in [0.29, 0.717) is 13.0 Å². The van der Waals surface area contributed by atoms with Crippen LogP contribution in [0.25, 0.3) is 0 Å². The smallest absolute Gasteiger partial charge is 0.253 e. The molecular formula is C22H32N4O5. The van der Waals surface area contributed by atoms with Gasteiger partial charge in [-0.25, -0.2) is 0 Å². The predicted octanol–water partition coefficient (Wildman–Crippen LogP) is -0.592. The second kappa shape index (κ2) is 11.2. The quantitative estimate of drug-likeness (QED) is 0.378. The van der Waals surface area contributed by atoms with Gasteiger partial charge in [0, 0.05) is 40.2 Å². The fourth-order valence-corrected chi connectivity index (χ4v) is 3.57. The number of rotatable bonds is 10. The van der Waals surface area contributed by atoms with Crippen LogP contribution in [0.3, 0.4) is 0 Å². The van der Waals surface area contributed by atoms with E-state index in [1.165, 1.54) is 4.90 Å². The molecule has 0 aromatic heterocycles. The molecule has 3 amide bonds. The van der Waals surface area contributed by atoms with Gasteiger partial charge in [-0.2, -0.15) is 0 Å². The Kier molecular flexibility index (Phi) is 8.39. The van der Waals surface area contributed by atoms with Gasteiger partial charge in [0.1, 0.15) is 6.04 Å². The maximum Gasteiger partial charge on any atom is 0.253 e. The summed E-state index contributed by atoms with van der Waals surface area (Å²) in [5, 5.41) is 5.58. The van der Waals surface area contributed by atoms with Crippen LogP contribution in [0.5, 0.6) is 0 Å². The van der Waals surface area contributed by atoms with Crippen molar-refractivity contribution in [3.05, 3.63) is 35.9 Å². The Hall–Kier alpha value is -2.49. The Labute approximate surface area is 183 Å². The van der Waals surface area contributed by atoms with Crippen LogP contribution >= 0.6 is 0 Å². The number of amides is 3. The summed E-state index contributed by atoms with van der Waals surface area (Å²) >= 11 is 0. The van der Waals surface area contributed by atoms with Gasteiger partial charge in [0.25, 0.3) is 11.8 Å². The maximum atomic E-state index is 12.6. The Balaban J connectivity index is 1.42. The van der Waals surface area contributed by atoms with E-state index in [1.54, 1.807) is 14.1 Å². The second-order valence-electron chi connectivity index (χ2n) is 8.06. The van der Waals surface area contributed by atoms with Gasteiger partial charge < -0.3 is 25.0 Å². The van der Waals surface area contributed by atoms with Gasteiger partial charge in [0.15, 0.2) is 12.2 Å². The summed E-state index contributed by atoms with van der Waals surface area (Å²) in [6.07, 6.45) is -0.455. The van der Waals surface area contributed by atoms with Crippen LogP contribution < -0.4 is 10.6 Å².